The van der Waals surface area contributed by atoms with E-state index in [0.717, 1.165) is 54.8 Å². The van der Waals surface area contributed by atoms with Gasteiger partial charge in [0.15, 0.2) is 0 Å². The van der Waals surface area contributed by atoms with Gasteiger partial charge >= 0.3 is 5.97 Å². The van der Waals surface area contributed by atoms with Gasteiger partial charge < -0.3 is 9.67 Å². The fourth-order valence-corrected chi connectivity index (χ4v) is 4.03. The second kappa shape index (κ2) is 10.8. The zero-order valence-electron chi connectivity index (χ0n) is 16.5. The second-order valence-corrected chi connectivity index (χ2v) is 7.55. The van der Waals surface area contributed by atoms with Crippen LogP contribution >= 0.6 is 24.8 Å². The van der Waals surface area contributed by atoms with E-state index < -0.39 is 5.97 Å². The van der Waals surface area contributed by atoms with Crippen molar-refractivity contribution in [2.45, 2.75) is 25.8 Å². The molecule has 0 radical (unpaired) electrons. The molecule has 1 fully saturated rings. The summed E-state index contributed by atoms with van der Waals surface area (Å²) in [5.74, 6) is 0.545. The predicted molar refractivity (Wildman–Crippen MR) is 120 cm³/mol. The first-order chi connectivity index (χ1) is 13.6. The second-order valence-electron chi connectivity index (χ2n) is 7.55. The number of nitrogens with zero attached hydrogens (tertiary/aromatic N) is 3. The summed E-state index contributed by atoms with van der Waals surface area (Å²) < 4.78 is 15.5. The first-order valence-electron chi connectivity index (χ1n) is 9.71. The molecule has 0 atom stereocenters. The SMILES string of the molecule is Cl.Cl.O=C(O)CN1CCC(Cc2nc3ccccc3n2Cc2ccc(F)cc2)CC1. The van der Waals surface area contributed by atoms with E-state index in [1.165, 1.54) is 12.1 Å². The Kier molecular flexibility index (Phi) is 8.65. The Morgan fingerprint density at radius 2 is 1.73 bits per heavy atom. The van der Waals surface area contributed by atoms with Crippen molar-refractivity contribution in [1.82, 2.24) is 14.5 Å². The molecule has 1 aromatic heterocycles. The number of aliphatic carboxylic acids is 1. The van der Waals surface area contributed by atoms with Crippen LogP contribution in [0.4, 0.5) is 4.39 Å². The number of halogens is 3. The summed E-state index contributed by atoms with van der Waals surface area (Å²) in [6.07, 6.45) is 2.83. The Morgan fingerprint density at radius 3 is 2.40 bits per heavy atom. The van der Waals surface area contributed by atoms with Crippen LogP contribution in [-0.2, 0) is 17.8 Å². The molecule has 0 saturated carbocycles. The van der Waals surface area contributed by atoms with Gasteiger partial charge in [0, 0.05) is 13.0 Å². The third-order valence-corrected chi connectivity index (χ3v) is 5.52. The molecule has 1 saturated heterocycles. The molecule has 5 nitrogen and oxygen atoms in total. The number of carboxylic acid groups (broad SMARTS) is 1. The van der Waals surface area contributed by atoms with Crippen molar-refractivity contribution in [3.05, 3.63) is 65.7 Å². The molecule has 0 unspecified atom stereocenters. The molecule has 2 aromatic carbocycles. The minimum atomic E-state index is -0.764. The molecule has 0 bridgehead atoms. The molecule has 0 spiro atoms. The smallest absolute Gasteiger partial charge is 0.317 e. The van der Waals surface area contributed by atoms with E-state index in [1.54, 1.807) is 0 Å². The van der Waals surface area contributed by atoms with Crippen molar-refractivity contribution in [3.8, 4) is 0 Å². The van der Waals surface area contributed by atoms with Gasteiger partial charge in [-0.3, -0.25) is 9.69 Å². The lowest BCUT2D eigenvalue weighted by atomic mass is 9.93. The van der Waals surface area contributed by atoms with E-state index in [9.17, 15) is 9.18 Å². The summed E-state index contributed by atoms with van der Waals surface area (Å²) in [7, 11) is 0. The molecular weight excluding hydrogens is 428 g/mol. The number of carboxylic acids is 1. The van der Waals surface area contributed by atoms with E-state index in [1.807, 2.05) is 35.2 Å². The lowest BCUT2D eigenvalue weighted by Crippen LogP contribution is -2.37. The summed E-state index contributed by atoms with van der Waals surface area (Å²) >= 11 is 0. The average Bonchev–Trinajstić information content (AvgIpc) is 3.02. The first kappa shape index (κ1) is 24.1. The highest BCUT2D eigenvalue weighted by Crippen LogP contribution is 2.25. The fourth-order valence-electron chi connectivity index (χ4n) is 4.03. The van der Waals surface area contributed by atoms with Gasteiger partial charge in [-0.05, 0) is 61.7 Å². The van der Waals surface area contributed by atoms with Crippen LogP contribution in [0.25, 0.3) is 11.0 Å². The molecule has 0 aliphatic carbocycles. The number of imidazole rings is 1. The van der Waals surface area contributed by atoms with Crippen molar-refractivity contribution >= 4 is 41.8 Å². The number of likely N-dealkylation sites (tertiary alicyclic amines) is 1. The maximum atomic E-state index is 13.3. The van der Waals surface area contributed by atoms with Crippen LogP contribution < -0.4 is 0 Å². The minimum absolute atomic E-state index is 0. The standard InChI is InChI=1S/C22H24FN3O2.2ClH/c23-18-7-5-17(6-8-18)14-26-20-4-2-1-3-19(20)24-21(26)13-16-9-11-25(12-10-16)15-22(27)28;;/h1-8,16H,9-15H2,(H,27,28);2*1H. The molecule has 1 aliphatic rings. The van der Waals surface area contributed by atoms with Gasteiger partial charge in [0.1, 0.15) is 11.6 Å². The Balaban J connectivity index is 0.00000160. The van der Waals surface area contributed by atoms with Crippen molar-refractivity contribution in [2.24, 2.45) is 5.92 Å². The highest BCUT2D eigenvalue weighted by atomic mass is 35.5. The molecule has 30 heavy (non-hydrogen) atoms. The summed E-state index contributed by atoms with van der Waals surface area (Å²) in [5, 5.41) is 8.96. The van der Waals surface area contributed by atoms with E-state index >= 15 is 0 Å². The molecule has 1 N–H and O–H groups in total. The molecule has 3 aromatic rings. The minimum Gasteiger partial charge on any atom is -0.480 e. The van der Waals surface area contributed by atoms with Gasteiger partial charge in [0.05, 0.1) is 17.6 Å². The van der Waals surface area contributed by atoms with Gasteiger partial charge in [-0.2, -0.15) is 0 Å². The van der Waals surface area contributed by atoms with E-state index in [-0.39, 0.29) is 37.2 Å². The average molecular weight is 454 g/mol. The number of para-hydroxylation sites is 2. The first-order valence-corrected chi connectivity index (χ1v) is 9.71. The Bertz CT molecular complexity index is 970. The third kappa shape index (κ3) is 5.72. The van der Waals surface area contributed by atoms with Crippen LogP contribution in [0.3, 0.4) is 0 Å². The zero-order valence-corrected chi connectivity index (χ0v) is 18.2. The van der Waals surface area contributed by atoms with Crippen LogP contribution in [0.2, 0.25) is 0 Å². The van der Waals surface area contributed by atoms with Crippen molar-refractivity contribution in [1.29, 1.82) is 0 Å². The number of fused-ring (bicyclic) bond motifs is 1. The summed E-state index contributed by atoms with van der Waals surface area (Å²) in [5.41, 5.74) is 3.11. The van der Waals surface area contributed by atoms with Gasteiger partial charge in [0.2, 0.25) is 0 Å². The topological polar surface area (TPSA) is 58.4 Å². The fraction of sp³-hybridized carbons (Fsp3) is 0.364. The predicted octanol–water partition coefficient (Wildman–Crippen LogP) is 4.41. The summed E-state index contributed by atoms with van der Waals surface area (Å²) in [6.45, 7) is 2.41. The molecule has 4 rings (SSSR count). The van der Waals surface area contributed by atoms with Crippen molar-refractivity contribution < 1.29 is 14.3 Å². The molecule has 2 heterocycles. The van der Waals surface area contributed by atoms with Crippen LogP contribution in [0.1, 0.15) is 24.2 Å². The van der Waals surface area contributed by atoms with Gasteiger partial charge in [-0.15, -0.1) is 24.8 Å². The molecule has 8 heteroatoms. The maximum Gasteiger partial charge on any atom is 0.317 e. The highest BCUT2D eigenvalue weighted by Gasteiger charge is 2.23. The number of rotatable bonds is 6. The Morgan fingerprint density at radius 1 is 1.07 bits per heavy atom. The van der Waals surface area contributed by atoms with E-state index in [2.05, 4.69) is 10.6 Å². The van der Waals surface area contributed by atoms with E-state index in [0.29, 0.717) is 12.5 Å². The normalized spacial score (nSPS) is 14.8. The van der Waals surface area contributed by atoms with Crippen molar-refractivity contribution in [2.75, 3.05) is 19.6 Å². The largest absolute Gasteiger partial charge is 0.480 e. The lowest BCUT2D eigenvalue weighted by Gasteiger charge is -2.30. The number of aromatic nitrogens is 2. The van der Waals surface area contributed by atoms with Crippen LogP contribution in [-0.4, -0.2) is 45.2 Å². The van der Waals surface area contributed by atoms with Gasteiger partial charge in [0.25, 0.3) is 0 Å². The molecule has 1 aliphatic heterocycles. The molecule has 0 amide bonds. The number of benzene rings is 2. The molecule has 162 valence electrons. The zero-order chi connectivity index (χ0) is 19.5. The summed E-state index contributed by atoms with van der Waals surface area (Å²) in [4.78, 5) is 17.8. The van der Waals surface area contributed by atoms with Gasteiger partial charge in [-0.1, -0.05) is 24.3 Å². The molecular formula is C22H26Cl2FN3O2. The van der Waals surface area contributed by atoms with Crippen LogP contribution in [0, 0.1) is 11.7 Å². The van der Waals surface area contributed by atoms with E-state index in [4.69, 9.17) is 10.1 Å². The van der Waals surface area contributed by atoms with Crippen LogP contribution in [0.15, 0.2) is 48.5 Å². The van der Waals surface area contributed by atoms with Gasteiger partial charge in [-0.25, -0.2) is 9.37 Å². The number of carbonyl (C=O) groups is 1. The third-order valence-electron chi connectivity index (χ3n) is 5.52. The quantitative estimate of drug-likeness (QED) is 0.600. The van der Waals surface area contributed by atoms with Crippen LogP contribution in [0.5, 0.6) is 0 Å². The lowest BCUT2D eigenvalue weighted by molar-refractivity contribution is -0.138. The Labute approximate surface area is 187 Å². The maximum absolute atomic E-state index is 13.3. The number of piperidine rings is 1. The Hall–Kier alpha value is -2.15. The number of hydrogen-bond donors (Lipinski definition) is 1. The highest BCUT2D eigenvalue weighted by molar-refractivity contribution is 5.85. The van der Waals surface area contributed by atoms with Crippen molar-refractivity contribution in [3.63, 3.8) is 0 Å². The monoisotopic (exact) mass is 453 g/mol. The summed E-state index contributed by atoms with van der Waals surface area (Å²) in [6, 6.07) is 14.7. The number of hydrogen-bond acceptors (Lipinski definition) is 3.